The summed E-state index contributed by atoms with van der Waals surface area (Å²) in [6.07, 6.45) is 1.01. The zero-order valence-corrected chi connectivity index (χ0v) is 15.6. The van der Waals surface area contributed by atoms with Crippen molar-refractivity contribution in [2.24, 2.45) is 0 Å². The highest BCUT2D eigenvalue weighted by molar-refractivity contribution is 6.11. The largest absolute Gasteiger partial charge is 0.383 e. The zero-order chi connectivity index (χ0) is 18.8. The molecule has 2 heterocycles. The van der Waals surface area contributed by atoms with E-state index < -0.39 is 11.6 Å². The fraction of sp³-hybridized carbons (Fsp3) is 0.611. The first-order chi connectivity index (χ1) is 11.8. The minimum atomic E-state index is -0.882. The Bertz CT molecular complexity index is 689. The number of urea groups is 1. The number of nitrogens with zero attached hydrogens (tertiary/aromatic N) is 2. The molecule has 138 valence electrons. The molecule has 7 nitrogen and oxygen atoms in total. The van der Waals surface area contributed by atoms with Crippen molar-refractivity contribution < 1.29 is 19.1 Å². The Morgan fingerprint density at radius 3 is 2.40 bits per heavy atom. The van der Waals surface area contributed by atoms with Crippen molar-refractivity contribution in [1.82, 2.24) is 14.8 Å². The lowest BCUT2D eigenvalue weighted by molar-refractivity contribution is -0.131. The molecule has 0 atom stereocenters. The molecule has 0 bridgehead atoms. The van der Waals surface area contributed by atoms with Crippen LogP contribution in [0.3, 0.4) is 0 Å². The van der Waals surface area contributed by atoms with Gasteiger partial charge in [-0.25, -0.2) is 4.79 Å². The lowest BCUT2D eigenvalue weighted by Crippen LogP contribution is -2.46. The number of hydrogen-bond acceptors (Lipinski definition) is 4. The van der Waals surface area contributed by atoms with Crippen LogP contribution >= 0.6 is 0 Å². The van der Waals surface area contributed by atoms with Gasteiger partial charge in [0.25, 0.3) is 5.91 Å². The summed E-state index contributed by atoms with van der Waals surface area (Å²) >= 11 is 0. The Kier molecular flexibility index (Phi) is 5.67. The first-order valence-electron chi connectivity index (χ1n) is 8.64. The highest BCUT2D eigenvalue weighted by Crippen LogP contribution is 2.25. The number of rotatable bonds is 8. The first-order valence-corrected chi connectivity index (χ1v) is 8.64. The second-order valence-electron chi connectivity index (χ2n) is 6.46. The number of nitrogens with one attached hydrogen (secondary N) is 1. The van der Waals surface area contributed by atoms with Crippen molar-refractivity contribution in [3.63, 3.8) is 0 Å². The first kappa shape index (κ1) is 19.2. The highest BCUT2D eigenvalue weighted by Gasteiger charge is 2.49. The summed E-state index contributed by atoms with van der Waals surface area (Å²) in [5, 5.41) is 2.75. The number of amides is 3. The van der Waals surface area contributed by atoms with Gasteiger partial charge in [0.05, 0.1) is 13.2 Å². The van der Waals surface area contributed by atoms with Gasteiger partial charge in [0.15, 0.2) is 5.78 Å². The third kappa shape index (κ3) is 3.33. The summed E-state index contributed by atoms with van der Waals surface area (Å²) in [7, 11) is 1.63. The molecule has 0 unspecified atom stereocenters. The Hall–Kier alpha value is -2.15. The van der Waals surface area contributed by atoms with Gasteiger partial charge in [-0.2, -0.15) is 0 Å². The number of aryl methyl sites for hydroxylation is 1. The van der Waals surface area contributed by atoms with E-state index in [0.29, 0.717) is 31.6 Å². The van der Waals surface area contributed by atoms with Gasteiger partial charge >= 0.3 is 6.03 Å². The molecule has 25 heavy (non-hydrogen) atoms. The molecule has 1 aromatic rings. The standard InChI is InChI=1S/C18H27N3O4/c1-6-18(7-2)16(23)21(17(24)19-18)11-15(22)14-10-12(3)20(13(14)4)8-9-25-5/h10H,6-9,11H2,1-5H3,(H,19,24). The van der Waals surface area contributed by atoms with Crippen molar-refractivity contribution in [2.75, 3.05) is 20.3 Å². The van der Waals surface area contributed by atoms with Crippen molar-refractivity contribution in [1.29, 1.82) is 0 Å². The number of imide groups is 1. The van der Waals surface area contributed by atoms with E-state index in [4.69, 9.17) is 4.74 Å². The molecule has 1 aromatic heterocycles. The van der Waals surface area contributed by atoms with Crippen LogP contribution in [0.15, 0.2) is 6.07 Å². The maximum atomic E-state index is 12.7. The van der Waals surface area contributed by atoms with Crippen LogP contribution in [0, 0.1) is 13.8 Å². The van der Waals surface area contributed by atoms with E-state index in [1.165, 1.54) is 0 Å². The molecule has 7 heteroatoms. The smallest absolute Gasteiger partial charge is 0.325 e. The van der Waals surface area contributed by atoms with E-state index in [-0.39, 0.29) is 18.2 Å². The summed E-state index contributed by atoms with van der Waals surface area (Å²) in [5.74, 6) is -0.549. The van der Waals surface area contributed by atoms with E-state index in [2.05, 4.69) is 5.32 Å². The molecule has 1 fully saturated rings. The number of aromatic nitrogens is 1. The molecule has 1 aliphatic heterocycles. The molecule has 1 aliphatic rings. The van der Waals surface area contributed by atoms with E-state index in [0.717, 1.165) is 16.3 Å². The van der Waals surface area contributed by atoms with Gasteiger partial charge < -0.3 is 14.6 Å². The second kappa shape index (κ2) is 7.39. The van der Waals surface area contributed by atoms with Gasteiger partial charge in [-0.05, 0) is 32.8 Å². The minimum Gasteiger partial charge on any atom is -0.383 e. The number of ketones is 1. The van der Waals surface area contributed by atoms with E-state index in [1.807, 2.05) is 32.3 Å². The monoisotopic (exact) mass is 349 g/mol. The van der Waals surface area contributed by atoms with E-state index in [9.17, 15) is 14.4 Å². The van der Waals surface area contributed by atoms with Crippen LogP contribution in [0.4, 0.5) is 4.79 Å². The maximum absolute atomic E-state index is 12.7. The summed E-state index contributed by atoms with van der Waals surface area (Å²) in [6.45, 7) is 8.47. The topological polar surface area (TPSA) is 80.6 Å². The van der Waals surface area contributed by atoms with Gasteiger partial charge in [-0.15, -0.1) is 0 Å². The molecule has 0 aliphatic carbocycles. The zero-order valence-electron chi connectivity index (χ0n) is 15.6. The molecule has 1 N–H and O–H groups in total. The van der Waals surface area contributed by atoms with Crippen LogP contribution in [-0.2, 0) is 16.1 Å². The summed E-state index contributed by atoms with van der Waals surface area (Å²) in [4.78, 5) is 38.6. The molecule has 0 saturated carbocycles. The summed E-state index contributed by atoms with van der Waals surface area (Å²) in [6, 6.07) is 1.31. The average molecular weight is 349 g/mol. The lowest BCUT2D eigenvalue weighted by atomic mass is 9.93. The van der Waals surface area contributed by atoms with Gasteiger partial charge in [-0.1, -0.05) is 13.8 Å². The molecule has 0 spiro atoms. The van der Waals surface area contributed by atoms with Crippen LogP contribution in [-0.4, -0.2) is 53.0 Å². The number of ether oxygens (including phenoxy) is 1. The molecular formula is C18H27N3O4. The van der Waals surface area contributed by atoms with Crippen molar-refractivity contribution in [3.8, 4) is 0 Å². The normalized spacial score (nSPS) is 16.4. The van der Waals surface area contributed by atoms with Crippen molar-refractivity contribution >= 4 is 17.7 Å². The van der Waals surface area contributed by atoms with Crippen molar-refractivity contribution in [3.05, 3.63) is 23.0 Å². The fourth-order valence-electron chi connectivity index (χ4n) is 3.39. The lowest BCUT2D eigenvalue weighted by Gasteiger charge is -2.22. The Morgan fingerprint density at radius 2 is 1.88 bits per heavy atom. The van der Waals surface area contributed by atoms with Crippen LogP contribution in [0.1, 0.15) is 48.4 Å². The maximum Gasteiger partial charge on any atom is 0.325 e. The Balaban J connectivity index is 2.20. The average Bonchev–Trinajstić information content (AvgIpc) is 3.01. The van der Waals surface area contributed by atoms with Gasteiger partial charge in [0.1, 0.15) is 5.54 Å². The van der Waals surface area contributed by atoms with E-state index in [1.54, 1.807) is 13.2 Å². The summed E-state index contributed by atoms with van der Waals surface area (Å²) < 4.78 is 7.10. The SMILES string of the molecule is CCC1(CC)NC(=O)N(CC(=O)c2cc(C)n(CCOC)c2C)C1=O. The fourth-order valence-corrected chi connectivity index (χ4v) is 3.39. The Morgan fingerprint density at radius 1 is 1.24 bits per heavy atom. The Labute approximate surface area is 148 Å². The highest BCUT2D eigenvalue weighted by atomic mass is 16.5. The number of methoxy groups -OCH3 is 1. The third-order valence-corrected chi connectivity index (χ3v) is 5.15. The number of carbonyl (C=O) groups excluding carboxylic acids is 3. The van der Waals surface area contributed by atoms with Crippen LogP contribution < -0.4 is 5.32 Å². The molecule has 0 aromatic carbocycles. The molecule has 1 saturated heterocycles. The number of Topliss-reactive ketones (excluding diaryl/α,β-unsaturated/α-hetero) is 1. The number of carbonyl (C=O) groups is 3. The predicted octanol–water partition coefficient (Wildman–Crippen LogP) is 2.04. The molecule has 0 radical (unpaired) electrons. The van der Waals surface area contributed by atoms with Gasteiger partial charge in [0, 0.05) is 30.6 Å². The van der Waals surface area contributed by atoms with Crippen LogP contribution in [0.2, 0.25) is 0 Å². The predicted molar refractivity (Wildman–Crippen MR) is 93.7 cm³/mol. The third-order valence-electron chi connectivity index (χ3n) is 5.15. The van der Waals surface area contributed by atoms with Crippen LogP contribution in [0.5, 0.6) is 0 Å². The number of hydrogen-bond donors (Lipinski definition) is 1. The molecule has 3 amide bonds. The van der Waals surface area contributed by atoms with Crippen molar-refractivity contribution in [2.45, 2.75) is 52.6 Å². The van der Waals surface area contributed by atoms with Crippen LogP contribution in [0.25, 0.3) is 0 Å². The summed E-state index contributed by atoms with van der Waals surface area (Å²) in [5.41, 5.74) is 1.43. The molecular weight excluding hydrogens is 322 g/mol. The minimum absolute atomic E-state index is 0.233. The van der Waals surface area contributed by atoms with E-state index >= 15 is 0 Å². The van der Waals surface area contributed by atoms with Gasteiger partial charge in [0.2, 0.25) is 0 Å². The van der Waals surface area contributed by atoms with Gasteiger partial charge in [-0.3, -0.25) is 14.5 Å². The quantitative estimate of drug-likeness (QED) is 0.575. The molecule has 2 rings (SSSR count). The second-order valence-corrected chi connectivity index (χ2v) is 6.46.